The van der Waals surface area contributed by atoms with Gasteiger partial charge in [0.25, 0.3) is 5.91 Å². The van der Waals surface area contributed by atoms with Crippen LogP contribution < -0.4 is 10.6 Å². The number of aromatic nitrogens is 2. The Balaban J connectivity index is 1.95. The first-order chi connectivity index (χ1) is 10.2. The molecular weight excluding hydrogens is 332 g/mol. The van der Waals surface area contributed by atoms with E-state index in [-0.39, 0.29) is 5.91 Å². The number of carbonyl (C=O) groups is 1. The van der Waals surface area contributed by atoms with Gasteiger partial charge in [-0.25, -0.2) is 4.98 Å². The predicted octanol–water partition coefficient (Wildman–Crippen LogP) is 2.99. The van der Waals surface area contributed by atoms with Gasteiger partial charge in [0.1, 0.15) is 11.5 Å². The fourth-order valence-corrected chi connectivity index (χ4v) is 1.95. The van der Waals surface area contributed by atoms with Gasteiger partial charge >= 0.3 is 0 Å². The fraction of sp³-hybridized carbons (Fsp3) is 0.267. The van der Waals surface area contributed by atoms with E-state index in [0.29, 0.717) is 18.1 Å². The Morgan fingerprint density at radius 2 is 2.00 bits per heavy atom. The first-order valence-electron chi connectivity index (χ1n) is 6.77. The fourth-order valence-electron chi connectivity index (χ4n) is 1.69. The zero-order chi connectivity index (χ0) is 15.1. The Labute approximate surface area is 132 Å². The van der Waals surface area contributed by atoms with Gasteiger partial charge in [-0.3, -0.25) is 9.78 Å². The highest BCUT2D eigenvalue weighted by Gasteiger charge is 2.08. The van der Waals surface area contributed by atoms with Crippen molar-refractivity contribution in [2.45, 2.75) is 19.9 Å². The maximum absolute atomic E-state index is 12.1. The van der Waals surface area contributed by atoms with E-state index in [9.17, 15) is 4.79 Å². The lowest BCUT2D eigenvalue weighted by Gasteiger charge is -2.07. The van der Waals surface area contributed by atoms with Crippen LogP contribution in [0.4, 0.5) is 5.82 Å². The summed E-state index contributed by atoms with van der Waals surface area (Å²) >= 11 is 3.38. The highest BCUT2D eigenvalue weighted by atomic mass is 79.9. The summed E-state index contributed by atoms with van der Waals surface area (Å²) in [6.45, 7) is 3.33. The molecule has 1 heterocycles. The van der Waals surface area contributed by atoms with Crippen molar-refractivity contribution in [2.24, 2.45) is 0 Å². The zero-order valence-corrected chi connectivity index (χ0v) is 13.4. The van der Waals surface area contributed by atoms with Gasteiger partial charge in [0.15, 0.2) is 0 Å². The molecule has 0 saturated carbocycles. The van der Waals surface area contributed by atoms with Gasteiger partial charge < -0.3 is 10.6 Å². The van der Waals surface area contributed by atoms with E-state index in [0.717, 1.165) is 23.0 Å². The van der Waals surface area contributed by atoms with Crippen LogP contribution in [0.3, 0.4) is 0 Å². The number of anilines is 1. The number of benzene rings is 1. The largest absolute Gasteiger partial charge is 0.369 e. The molecule has 2 N–H and O–H groups in total. The monoisotopic (exact) mass is 348 g/mol. The number of amides is 1. The van der Waals surface area contributed by atoms with Crippen molar-refractivity contribution in [3.05, 3.63) is 52.4 Å². The van der Waals surface area contributed by atoms with E-state index in [1.807, 2.05) is 24.3 Å². The van der Waals surface area contributed by atoms with Crippen LogP contribution in [-0.2, 0) is 6.54 Å². The molecular formula is C15H17BrN4O. The van der Waals surface area contributed by atoms with E-state index in [1.165, 1.54) is 6.20 Å². The number of carbonyl (C=O) groups excluding carboxylic acids is 1. The molecule has 2 rings (SSSR count). The van der Waals surface area contributed by atoms with Crippen LogP contribution in [0.5, 0.6) is 0 Å². The smallest absolute Gasteiger partial charge is 0.271 e. The van der Waals surface area contributed by atoms with Gasteiger partial charge in [-0.05, 0) is 24.1 Å². The molecule has 110 valence electrons. The predicted molar refractivity (Wildman–Crippen MR) is 86.1 cm³/mol. The molecule has 0 bridgehead atoms. The summed E-state index contributed by atoms with van der Waals surface area (Å²) in [7, 11) is 0. The van der Waals surface area contributed by atoms with Crippen LogP contribution in [0.2, 0.25) is 0 Å². The summed E-state index contributed by atoms with van der Waals surface area (Å²) in [5.74, 6) is 0.388. The normalized spacial score (nSPS) is 10.2. The van der Waals surface area contributed by atoms with Crippen molar-refractivity contribution in [3.63, 3.8) is 0 Å². The van der Waals surface area contributed by atoms with Gasteiger partial charge in [-0.2, -0.15) is 0 Å². The minimum Gasteiger partial charge on any atom is -0.369 e. The van der Waals surface area contributed by atoms with Gasteiger partial charge in [-0.1, -0.05) is 35.0 Å². The molecule has 0 unspecified atom stereocenters. The Morgan fingerprint density at radius 1 is 1.24 bits per heavy atom. The van der Waals surface area contributed by atoms with Gasteiger partial charge in [0.2, 0.25) is 0 Å². The van der Waals surface area contributed by atoms with Crippen LogP contribution in [-0.4, -0.2) is 22.4 Å². The average Bonchev–Trinajstić information content (AvgIpc) is 2.52. The molecule has 0 saturated heterocycles. The topological polar surface area (TPSA) is 66.9 Å². The number of nitrogens with zero attached hydrogens (tertiary/aromatic N) is 2. The highest BCUT2D eigenvalue weighted by molar-refractivity contribution is 9.10. The lowest BCUT2D eigenvalue weighted by Crippen LogP contribution is -2.24. The Morgan fingerprint density at radius 3 is 2.71 bits per heavy atom. The quantitative estimate of drug-likeness (QED) is 0.841. The molecule has 21 heavy (non-hydrogen) atoms. The minimum absolute atomic E-state index is 0.231. The molecule has 0 aliphatic rings. The molecule has 6 heteroatoms. The summed E-state index contributed by atoms with van der Waals surface area (Å²) in [6, 6.07) is 7.79. The third kappa shape index (κ3) is 4.82. The van der Waals surface area contributed by atoms with E-state index in [4.69, 9.17) is 0 Å². The van der Waals surface area contributed by atoms with Crippen LogP contribution in [0.15, 0.2) is 41.1 Å². The van der Waals surface area contributed by atoms with E-state index >= 15 is 0 Å². The number of hydrogen-bond acceptors (Lipinski definition) is 4. The number of hydrogen-bond donors (Lipinski definition) is 2. The molecule has 0 fully saturated rings. The lowest BCUT2D eigenvalue weighted by molar-refractivity contribution is 0.0945. The second kappa shape index (κ2) is 7.73. The molecule has 0 aliphatic heterocycles. The Kier molecular flexibility index (Phi) is 5.68. The summed E-state index contributed by atoms with van der Waals surface area (Å²) in [5, 5.41) is 5.94. The summed E-state index contributed by atoms with van der Waals surface area (Å²) in [5.41, 5.74) is 1.34. The van der Waals surface area contributed by atoms with Gasteiger partial charge in [0.05, 0.1) is 12.4 Å². The summed E-state index contributed by atoms with van der Waals surface area (Å²) in [6.07, 6.45) is 4.07. The maximum atomic E-state index is 12.1. The second-order valence-electron chi connectivity index (χ2n) is 4.53. The highest BCUT2D eigenvalue weighted by Crippen LogP contribution is 2.10. The third-order valence-corrected chi connectivity index (χ3v) is 3.32. The van der Waals surface area contributed by atoms with Crippen molar-refractivity contribution < 1.29 is 4.79 Å². The van der Waals surface area contributed by atoms with Crippen LogP contribution in [0, 0.1) is 0 Å². The van der Waals surface area contributed by atoms with Gasteiger partial charge in [-0.15, -0.1) is 0 Å². The molecule has 1 aromatic heterocycles. The number of nitrogens with one attached hydrogen (secondary N) is 2. The van der Waals surface area contributed by atoms with Crippen molar-refractivity contribution in [1.29, 1.82) is 0 Å². The molecule has 0 atom stereocenters. The van der Waals surface area contributed by atoms with Crippen LogP contribution >= 0.6 is 15.9 Å². The average molecular weight is 349 g/mol. The maximum Gasteiger partial charge on any atom is 0.271 e. The van der Waals surface area contributed by atoms with Crippen molar-refractivity contribution in [2.75, 3.05) is 11.9 Å². The van der Waals surface area contributed by atoms with Crippen molar-refractivity contribution >= 4 is 27.7 Å². The second-order valence-corrected chi connectivity index (χ2v) is 5.44. The van der Waals surface area contributed by atoms with E-state index in [1.54, 1.807) is 6.20 Å². The standard InChI is InChI=1S/C15H17BrN4O/c1-2-7-18-14-10-17-9-13(20-14)15(21)19-8-11-3-5-12(16)6-4-11/h3-6,9-10H,2,7-8H2,1H3,(H,18,20)(H,19,21). The lowest BCUT2D eigenvalue weighted by atomic mass is 10.2. The molecule has 0 spiro atoms. The van der Waals surface area contributed by atoms with Crippen LogP contribution in [0.1, 0.15) is 29.4 Å². The molecule has 0 aliphatic carbocycles. The zero-order valence-electron chi connectivity index (χ0n) is 11.8. The molecule has 2 aromatic rings. The molecule has 1 amide bonds. The number of rotatable bonds is 6. The summed E-state index contributed by atoms with van der Waals surface area (Å²) in [4.78, 5) is 20.3. The molecule has 0 radical (unpaired) electrons. The van der Waals surface area contributed by atoms with Crippen LogP contribution in [0.25, 0.3) is 0 Å². The van der Waals surface area contributed by atoms with E-state index in [2.05, 4.69) is 43.5 Å². The van der Waals surface area contributed by atoms with Crippen molar-refractivity contribution in [1.82, 2.24) is 15.3 Å². The Hall–Kier alpha value is -1.95. The first kappa shape index (κ1) is 15.4. The SMILES string of the molecule is CCCNc1cncc(C(=O)NCc2ccc(Br)cc2)n1. The Bertz CT molecular complexity index is 601. The summed E-state index contributed by atoms with van der Waals surface area (Å²) < 4.78 is 1.01. The molecule has 1 aromatic carbocycles. The molecule has 5 nitrogen and oxygen atoms in total. The first-order valence-corrected chi connectivity index (χ1v) is 7.57. The van der Waals surface area contributed by atoms with E-state index < -0.39 is 0 Å². The third-order valence-electron chi connectivity index (χ3n) is 2.79. The van der Waals surface area contributed by atoms with Gasteiger partial charge in [0, 0.05) is 17.6 Å². The minimum atomic E-state index is -0.231. The number of halogens is 1. The van der Waals surface area contributed by atoms with Crippen molar-refractivity contribution in [3.8, 4) is 0 Å².